The number of morpholine rings is 1. The van der Waals surface area contributed by atoms with E-state index >= 15 is 0 Å². The van der Waals surface area contributed by atoms with Crippen molar-refractivity contribution < 1.29 is 19.0 Å². The Labute approximate surface area is 131 Å². The molecule has 22 heavy (non-hydrogen) atoms. The average molecular weight is 308 g/mol. The van der Waals surface area contributed by atoms with Gasteiger partial charge in [0, 0.05) is 25.3 Å². The lowest BCUT2D eigenvalue weighted by molar-refractivity contribution is 0.0358. The first-order valence-corrected chi connectivity index (χ1v) is 7.74. The van der Waals surface area contributed by atoms with Gasteiger partial charge in [-0.3, -0.25) is 10.2 Å². The molecular formula is C16H24N2O4. The fraction of sp³-hybridized carbons (Fsp3) is 0.562. The van der Waals surface area contributed by atoms with E-state index < -0.39 is 6.09 Å². The molecule has 0 bridgehead atoms. The van der Waals surface area contributed by atoms with E-state index in [4.69, 9.17) is 14.2 Å². The van der Waals surface area contributed by atoms with E-state index in [1.807, 2.05) is 12.1 Å². The van der Waals surface area contributed by atoms with Crippen molar-refractivity contribution in [2.45, 2.75) is 13.3 Å². The van der Waals surface area contributed by atoms with Crippen molar-refractivity contribution in [3.8, 4) is 5.75 Å². The lowest BCUT2D eigenvalue weighted by Gasteiger charge is -2.26. The molecule has 0 unspecified atom stereocenters. The molecule has 1 aliphatic rings. The second-order valence-electron chi connectivity index (χ2n) is 5.03. The molecule has 1 saturated heterocycles. The number of hydrogen-bond donors (Lipinski definition) is 1. The van der Waals surface area contributed by atoms with E-state index in [1.165, 1.54) is 0 Å². The molecule has 1 heterocycles. The Balaban J connectivity index is 1.64. The highest BCUT2D eigenvalue weighted by Crippen LogP contribution is 2.16. The van der Waals surface area contributed by atoms with Crippen molar-refractivity contribution in [2.24, 2.45) is 0 Å². The second-order valence-corrected chi connectivity index (χ2v) is 5.03. The Hall–Kier alpha value is -1.79. The zero-order chi connectivity index (χ0) is 15.6. The highest BCUT2D eigenvalue weighted by molar-refractivity contribution is 5.84. The number of ether oxygens (including phenoxy) is 3. The van der Waals surface area contributed by atoms with Crippen molar-refractivity contribution in [2.75, 3.05) is 51.4 Å². The first-order valence-electron chi connectivity index (χ1n) is 7.74. The number of benzene rings is 1. The van der Waals surface area contributed by atoms with Crippen LogP contribution in [0.1, 0.15) is 13.3 Å². The predicted octanol–water partition coefficient (Wildman–Crippen LogP) is 2.36. The summed E-state index contributed by atoms with van der Waals surface area (Å²) < 4.78 is 15.8. The normalized spacial score (nSPS) is 15.3. The lowest BCUT2D eigenvalue weighted by Crippen LogP contribution is -2.37. The average Bonchev–Trinajstić information content (AvgIpc) is 2.54. The standard InChI is InChI=1S/C16H24N2O4/c1-2-21-16(19)17-14-4-6-15(7-5-14)22-11-3-8-18-9-12-20-13-10-18/h4-7H,2-3,8-13H2,1H3,(H,17,19). The zero-order valence-corrected chi connectivity index (χ0v) is 13.0. The summed E-state index contributed by atoms with van der Waals surface area (Å²) in [5.41, 5.74) is 0.694. The summed E-state index contributed by atoms with van der Waals surface area (Å²) in [7, 11) is 0. The minimum Gasteiger partial charge on any atom is -0.494 e. The molecule has 1 aliphatic heterocycles. The summed E-state index contributed by atoms with van der Waals surface area (Å²) in [4.78, 5) is 13.7. The number of nitrogens with zero attached hydrogens (tertiary/aromatic N) is 1. The van der Waals surface area contributed by atoms with Gasteiger partial charge in [-0.2, -0.15) is 0 Å². The van der Waals surface area contributed by atoms with Gasteiger partial charge in [-0.1, -0.05) is 0 Å². The predicted molar refractivity (Wildman–Crippen MR) is 84.5 cm³/mol. The van der Waals surface area contributed by atoms with Crippen molar-refractivity contribution in [1.82, 2.24) is 4.90 Å². The number of anilines is 1. The topological polar surface area (TPSA) is 60.0 Å². The van der Waals surface area contributed by atoms with E-state index in [0.717, 1.165) is 45.0 Å². The molecule has 0 saturated carbocycles. The molecule has 0 spiro atoms. The number of carbonyl (C=O) groups is 1. The van der Waals surface area contributed by atoms with Crippen LogP contribution in [0.25, 0.3) is 0 Å². The van der Waals surface area contributed by atoms with Crippen LogP contribution >= 0.6 is 0 Å². The van der Waals surface area contributed by atoms with Crippen molar-refractivity contribution in [3.05, 3.63) is 24.3 Å². The van der Waals surface area contributed by atoms with Gasteiger partial charge in [0.15, 0.2) is 0 Å². The molecule has 0 radical (unpaired) electrons. The van der Waals surface area contributed by atoms with Gasteiger partial charge in [0.05, 0.1) is 26.4 Å². The van der Waals surface area contributed by atoms with Crippen LogP contribution in [0.15, 0.2) is 24.3 Å². The first-order chi connectivity index (χ1) is 10.8. The first kappa shape index (κ1) is 16.6. The van der Waals surface area contributed by atoms with Crippen LogP contribution in [0, 0.1) is 0 Å². The summed E-state index contributed by atoms with van der Waals surface area (Å²) in [6, 6.07) is 7.29. The largest absolute Gasteiger partial charge is 0.494 e. The number of amides is 1. The summed E-state index contributed by atoms with van der Waals surface area (Å²) in [5, 5.41) is 2.65. The Morgan fingerprint density at radius 1 is 1.27 bits per heavy atom. The van der Waals surface area contributed by atoms with Crippen molar-refractivity contribution in [3.63, 3.8) is 0 Å². The van der Waals surface area contributed by atoms with E-state index in [9.17, 15) is 4.79 Å². The van der Waals surface area contributed by atoms with Gasteiger partial charge in [-0.15, -0.1) is 0 Å². The van der Waals surface area contributed by atoms with Crippen LogP contribution in [-0.2, 0) is 9.47 Å². The molecule has 6 heteroatoms. The number of hydrogen-bond acceptors (Lipinski definition) is 5. The SMILES string of the molecule is CCOC(=O)Nc1ccc(OCCCN2CCOCC2)cc1. The summed E-state index contributed by atoms with van der Waals surface area (Å²) in [6.07, 6.45) is 0.546. The van der Waals surface area contributed by atoms with Gasteiger partial charge >= 0.3 is 6.09 Å². The maximum absolute atomic E-state index is 11.3. The molecule has 2 rings (SSSR count). The number of rotatable bonds is 7. The van der Waals surface area contributed by atoms with Crippen LogP contribution < -0.4 is 10.1 Å². The highest BCUT2D eigenvalue weighted by atomic mass is 16.5. The van der Waals surface area contributed by atoms with E-state index in [-0.39, 0.29) is 0 Å². The third kappa shape index (κ3) is 5.91. The second kappa shape index (κ2) is 9.27. The van der Waals surface area contributed by atoms with Gasteiger partial charge in [0.1, 0.15) is 5.75 Å². The Morgan fingerprint density at radius 3 is 2.68 bits per heavy atom. The summed E-state index contributed by atoms with van der Waals surface area (Å²) in [6.45, 7) is 7.52. The quantitative estimate of drug-likeness (QED) is 0.784. The molecule has 1 N–H and O–H groups in total. The number of carbonyl (C=O) groups excluding carboxylic acids is 1. The summed E-state index contributed by atoms with van der Waals surface area (Å²) >= 11 is 0. The fourth-order valence-electron chi connectivity index (χ4n) is 2.22. The van der Waals surface area contributed by atoms with E-state index in [1.54, 1.807) is 19.1 Å². The Bertz CT molecular complexity index is 444. The molecule has 1 aromatic rings. The minimum absolute atomic E-state index is 0.357. The summed E-state index contributed by atoms with van der Waals surface area (Å²) in [5.74, 6) is 0.802. The molecule has 0 aromatic heterocycles. The van der Waals surface area contributed by atoms with Crippen LogP contribution in [-0.4, -0.2) is 57.1 Å². The van der Waals surface area contributed by atoms with Gasteiger partial charge in [0.2, 0.25) is 0 Å². The molecule has 122 valence electrons. The molecule has 1 amide bonds. The molecule has 1 fully saturated rings. The molecule has 0 aliphatic carbocycles. The Kier molecular flexibility index (Phi) is 6.99. The van der Waals surface area contributed by atoms with Gasteiger partial charge in [0.25, 0.3) is 0 Å². The molecule has 1 aromatic carbocycles. The molecule has 0 atom stereocenters. The Morgan fingerprint density at radius 2 is 2.00 bits per heavy atom. The van der Waals surface area contributed by atoms with Crippen LogP contribution in [0.5, 0.6) is 5.75 Å². The smallest absolute Gasteiger partial charge is 0.411 e. The van der Waals surface area contributed by atoms with Crippen molar-refractivity contribution in [1.29, 1.82) is 0 Å². The maximum atomic E-state index is 11.3. The maximum Gasteiger partial charge on any atom is 0.411 e. The monoisotopic (exact) mass is 308 g/mol. The highest BCUT2D eigenvalue weighted by Gasteiger charge is 2.09. The van der Waals surface area contributed by atoms with Gasteiger partial charge in [-0.25, -0.2) is 4.79 Å². The van der Waals surface area contributed by atoms with Gasteiger partial charge < -0.3 is 14.2 Å². The lowest BCUT2D eigenvalue weighted by atomic mass is 10.3. The van der Waals surface area contributed by atoms with Crippen LogP contribution in [0.2, 0.25) is 0 Å². The molecule has 6 nitrogen and oxygen atoms in total. The van der Waals surface area contributed by atoms with Crippen LogP contribution in [0.3, 0.4) is 0 Å². The van der Waals surface area contributed by atoms with Crippen molar-refractivity contribution >= 4 is 11.8 Å². The zero-order valence-electron chi connectivity index (χ0n) is 13.0. The van der Waals surface area contributed by atoms with Crippen LogP contribution in [0.4, 0.5) is 10.5 Å². The third-order valence-corrected chi connectivity index (χ3v) is 3.37. The fourth-order valence-corrected chi connectivity index (χ4v) is 2.22. The number of nitrogens with one attached hydrogen (secondary N) is 1. The minimum atomic E-state index is -0.443. The third-order valence-electron chi connectivity index (χ3n) is 3.37. The van der Waals surface area contributed by atoms with E-state index in [2.05, 4.69) is 10.2 Å². The van der Waals surface area contributed by atoms with Gasteiger partial charge in [-0.05, 0) is 37.6 Å². The van der Waals surface area contributed by atoms with E-state index in [0.29, 0.717) is 18.9 Å². The molecular weight excluding hydrogens is 284 g/mol.